The molecule has 0 fully saturated rings. The molecule has 0 heterocycles. The second-order valence-electron chi connectivity index (χ2n) is 19.5. The van der Waals surface area contributed by atoms with Gasteiger partial charge in [-0.05, 0) is 148 Å². The SMILES string of the molecule is CC/C=C\C/C=C\C/C=C\C/C=C\C/C=C\C/C=C\C/C=C\C/C=C\C/C=C\C/C=C\CCCCCCC(=O)OCC(COC(=O)CCCCCCC/C=C\CCCCC)OC(=O)CC/C=C\C/C=C\C/C=C\C/C=C\CC. The smallest absolute Gasteiger partial charge is 0.306 e. The fraction of sp³-hybridized carbons (Fsp3) is 0.542. The molecule has 1 atom stereocenters. The monoisotopic (exact) mass is 1070 g/mol. The summed E-state index contributed by atoms with van der Waals surface area (Å²) in [5.41, 5.74) is 0. The van der Waals surface area contributed by atoms with Crippen molar-refractivity contribution >= 4 is 17.9 Å². The van der Waals surface area contributed by atoms with E-state index in [9.17, 15) is 14.4 Å². The molecule has 0 rings (SSSR count). The van der Waals surface area contributed by atoms with E-state index in [1.165, 1.54) is 32.1 Å². The zero-order valence-corrected chi connectivity index (χ0v) is 49.6. The second kappa shape index (κ2) is 64.0. The summed E-state index contributed by atoms with van der Waals surface area (Å²) in [4.78, 5) is 38.1. The van der Waals surface area contributed by atoms with E-state index >= 15 is 0 Å². The van der Waals surface area contributed by atoms with E-state index in [0.717, 1.165) is 154 Å². The number of ether oxygens (including phenoxy) is 3. The topological polar surface area (TPSA) is 78.9 Å². The molecule has 78 heavy (non-hydrogen) atoms. The van der Waals surface area contributed by atoms with Crippen molar-refractivity contribution in [1.82, 2.24) is 0 Å². The van der Waals surface area contributed by atoms with Gasteiger partial charge in [0, 0.05) is 19.3 Å². The Hall–Kier alpha value is -5.49. The van der Waals surface area contributed by atoms with Crippen LogP contribution in [0, 0.1) is 0 Å². The highest BCUT2D eigenvalue weighted by molar-refractivity contribution is 5.71. The molecule has 0 amide bonds. The molecule has 6 nitrogen and oxygen atoms in total. The van der Waals surface area contributed by atoms with Gasteiger partial charge in [-0.1, -0.05) is 248 Å². The average molecular weight is 1070 g/mol. The molecule has 0 aliphatic rings. The fourth-order valence-corrected chi connectivity index (χ4v) is 7.59. The maximum atomic E-state index is 12.8. The Morgan fingerprint density at radius 2 is 0.526 bits per heavy atom. The van der Waals surface area contributed by atoms with Crippen molar-refractivity contribution in [1.29, 1.82) is 0 Å². The van der Waals surface area contributed by atoms with Gasteiger partial charge in [0.1, 0.15) is 13.2 Å². The molecule has 434 valence electrons. The zero-order chi connectivity index (χ0) is 56.4. The van der Waals surface area contributed by atoms with Crippen molar-refractivity contribution < 1.29 is 28.6 Å². The van der Waals surface area contributed by atoms with Crippen LogP contribution in [0.1, 0.15) is 233 Å². The lowest BCUT2D eigenvalue weighted by atomic mass is 10.1. The van der Waals surface area contributed by atoms with Crippen molar-refractivity contribution in [3.05, 3.63) is 182 Å². The molecular formula is C72H110O6. The fourth-order valence-electron chi connectivity index (χ4n) is 7.59. The molecule has 0 aromatic rings. The van der Waals surface area contributed by atoms with Crippen LogP contribution in [0.3, 0.4) is 0 Å². The van der Waals surface area contributed by atoms with Crippen molar-refractivity contribution in [3.8, 4) is 0 Å². The first-order valence-electron chi connectivity index (χ1n) is 30.8. The molecule has 0 aromatic heterocycles. The largest absolute Gasteiger partial charge is 0.462 e. The van der Waals surface area contributed by atoms with Crippen molar-refractivity contribution in [2.24, 2.45) is 0 Å². The number of rotatable bonds is 53. The normalized spacial score (nSPS) is 13.4. The first-order chi connectivity index (χ1) is 38.5. The van der Waals surface area contributed by atoms with Gasteiger partial charge in [0.25, 0.3) is 0 Å². The lowest BCUT2D eigenvalue weighted by Crippen LogP contribution is -2.30. The Morgan fingerprint density at radius 3 is 0.846 bits per heavy atom. The van der Waals surface area contributed by atoms with Crippen molar-refractivity contribution in [3.63, 3.8) is 0 Å². The number of esters is 3. The molecule has 1 unspecified atom stereocenters. The summed E-state index contributed by atoms with van der Waals surface area (Å²) in [6, 6.07) is 0. The Labute approximate surface area is 478 Å². The lowest BCUT2D eigenvalue weighted by molar-refractivity contribution is -0.166. The van der Waals surface area contributed by atoms with E-state index in [1.807, 2.05) is 12.2 Å². The minimum atomic E-state index is -0.839. The first kappa shape index (κ1) is 72.5. The molecular weight excluding hydrogens is 961 g/mol. The Balaban J connectivity index is 4.35. The molecule has 0 spiro atoms. The minimum Gasteiger partial charge on any atom is -0.462 e. The number of hydrogen-bond donors (Lipinski definition) is 0. The molecule has 0 radical (unpaired) electrons. The van der Waals surface area contributed by atoms with Gasteiger partial charge in [0.2, 0.25) is 0 Å². The molecule has 0 bridgehead atoms. The van der Waals surface area contributed by atoms with Crippen LogP contribution in [0.5, 0.6) is 0 Å². The van der Waals surface area contributed by atoms with Gasteiger partial charge in [-0.25, -0.2) is 0 Å². The average Bonchev–Trinajstić information content (AvgIpc) is 3.44. The molecule has 0 aliphatic heterocycles. The third-order valence-electron chi connectivity index (χ3n) is 12.1. The summed E-state index contributed by atoms with van der Waals surface area (Å²) < 4.78 is 16.7. The van der Waals surface area contributed by atoms with Crippen LogP contribution in [0.4, 0.5) is 0 Å². The van der Waals surface area contributed by atoms with Gasteiger partial charge in [-0.3, -0.25) is 14.4 Å². The second-order valence-corrected chi connectivity index (χ2v) is 19.5. The van der Waals surface area contributed by atoms with E-state index in [2.05, 4.69) is 191 Å². The molecule has 0 saturated heterocycles. The maximum absolute atomic E-state index is 12.8. The summed E-state index contributed by atoms with van der Waals surface area (Å²) in [7, 11) is 0. The highest BCUT2D eigenvalue weighted by Gasteiger charge is 2.19. The highest BCUT2D eigenvalue weighted by Crippen LogP contribution is 2.12. The van der Waals surface area contributed by atoms with E-state index in [0.29, 0.717) is 19.3 Å². The van der Waals surface area contributed by atoms with Crippen molar-refractivity contribution in [2.75, 3.05) is 13.2 Å². The quantitative estimate of drug-likeness (QED) is 0.0261. The van der Waals surface area contributed by atoms with Crippen LogP contribution < -0.4 is 0 Å². The summed E-state index contributed by atoms with van der Waals surface area (Å²) in [5, 5.41) is 0. The molecule has 0 saturated carbocycles. The Morgan fingerprint density at radius 1 is 0.269 bits per heavy atom. The van der Waals surface area contributed by atoms with Crippen LogP contribution >= 0.6 is 0 Å². The maximum Gasteiger partial charge on any atom is 0.306 e. The molecule has 0 aliphatic carbocycles. The van der Waals surface area contributed by atoms with Gasteiger partial charge < -0.3 is 14.2 Å². The van der Waals surface area contributed by atoms with Gasteiger partial charge in [0.05, 0.1) is 0 Å². The zero-order valence-electron chi connectivity index (χ0n) is 49.6. The van der Waals surface area contributed by atoms with Crippen LogP contribution in [-0.4, -0.2) is 37.2 Å². The predicted octanol–water partition coefficient (Wildman–Crippen LogP) is 21.3. The predicted molar refractivity (Wildman–Crippen MR) is 338 cm³/mol. The van der Waals surface area contributed by atoms with E-state index in [-0.39, 0.29) is 31.6 Å². The van der Waals surface area contributed by atoms with Crippen LogP contribution in [-0.2, 0) is 28.6 Å². The Kier molecular flexibility index (Phi) is 59.5. The summed E-state index contributed by atoms with van der Waals surface area (Å²) in [6.07, 6.45) is 96.3. The van der Waals surface area contributed by atoms with E-state index in [4.69, 9.17) is 14.2 Å². The van der Waals surface area contributed by atoms with Gasteiger partial charge in [0.15, 0.2) is 6.10 Å². The summed E-state index contributed by atoms with van der Waals surface area (Å²) in [5.74, 6) is -1.06. The minimum absolute atomic E-state index is 0.127. The van der Waals surface area contributed by atoms with Crippen LogP contribution in [0.25, 0.3) is 0 Å². The van der Waals surface area contributed by atoms with E-state index < -0.39 is 12.1 Å². The number of carbonyl (C=O) groups is 3. The van der Waals surface area contributed by atoms with Crippen molar-refractivity contribution in [2.45, 2.75) is 239 Å². The van der Waals surface area contributed by atoms with Gasteiger partial charge in [-0.15, -0.1) is 0 Å². The molecule has 0 N–H and O–H groups in total. The van der Waals surface area contributed by atoms with Crippen LogP contribution in [0.15, 0.2) is 182 Å². The molecule has 0 aromatic carbocycles. The third-order valence-corrected chi connectivity index (χ3v) is 12.1. The van der Waals surface area contributed by atoms with Crippen LogP contribution in [0.2, 0.25) is 0 Å². The third kappa shape index (κ3) is 61.4. The van der Waals surface area contributed by atoms with Gasteiger partial charge >= 0.3 is 17.9 Å². The van der Waals surface area contributed by atoms with E-state index in [1.54, 1.807) is 0 Å². The number of hydrogen-bond acceptors (Lipinski definition) is 6. The lowest BCUT2D eigenvalue weighted by Gasteiger charge is -2.18. The summed E-state index contributed by atoms with van der Waals surface area (Å²) in [6.45, 7) is 6.27. The number of unbranched alkanes of at least 4 members (excludes halogenated alkanes) is 12. The van der Waals surface area contributed by atoms with Gasteiger partial charge in [-0.2, -0.15) is 0 Å². The number of allylic oxidation sites excluding steroid dienone is 30. The standard InChI is InChI=1S/C72H110O6/c1-4-7-10-13-16-19-22-25-26-27-28-29-30-31-32-33-34-35-36-37-38-39-40-41-42-43-44-45-46-48-50-53-56-59-62-65-71(74)77-68-69(67-76-70(73)64-61-58-55-52-49-24-21-18-15-12-9-6-3)78-72(75)66-63-60-57-54-51-47-23-20-17-14-11-8-5-2/h7-8,10-11,16-21,25-26,28-29,31-32,34-35,37-38,40-41,43-44,46-48,51,57,60,69H,4-6,9,12-15,22-24,27,30,33,36,39,42,45,49-50,52-56,58-59,61-68H2,1-3H3/b10-7-,11-8-,19-16-,20-17-,21-18-,26-25-,29-28-,32-31-,35-34-,38-37-,41-40-,44-43-,48-46-,51-47-,60-57-. The first-order valence-corrected chi connectivity index (χ1v) is 30.8. The highest BCUT2D eigenvalue weighted by atomic mass is 16.6. The number of carbonyl (C=O) groups excluding carboxylic acids is 3. The Bertz CT molecular complexity index is 1850. The molecule has 6 heteroatoms. The summed E-state index contributed by atoms with van der Waals surface area (Å²) >= 11 is 0.